The highest BCUT2D eigenvalue weighted by atomic mass is 19.1. The van der Waals surface area contributed by atoms with E-state index in [9.17, 15) is 9.18 Å². The fraction of sp³-hybridized carbons (Fsp3) is 0.421. The van der Waals surface area contributed by atoms with Crippen LogP contribution in [0.5, 0.6) is 6.01 Å². The molecule has 0 amide bonds. The van der Waals surface area contributed by atoms with E-state index in [0.717, 1.165) is 5.69 Å². The van der Waals surface area contributed by atoms with Crippen LogP contribution in [-0.4, -0.2) is 59.9 Å². The van der Waals surface area contributed by atoms with Gasteiger partial charge in [0.05, 0.1) is 31.6 Å². The van der Waals surface area contributed by atoms with Crippen LogP contribution < -0.4 is 14.5 Å². The number of anilines is 2. The number of nitrogens with zero attached hydrogens (tertiary/aromatic N) is 5. The topological polar surface area (TPSA) is 105 Å². The molecule has 1 aliphatic heterocycles. The van der Waals surface area contributed by atoms with Gasteiger partial charge in [0.2, 0.25) is 0 Å². The van der Waals surface area contributed by atoms with E-state index >= 15 is 0 Å². The minimum Gasteiger partial charge on any atom is -0.467 e. The van der Waals surface area contributed by atoms with Crippen molar-refractivity contribution >= 4 is 23.2 Å². The maximum atomic E-state index is 14.9. The van der Waals surface area contributed by atoms with Crippen LogP contribution in [0, 0.1) is 11.2 Å². The fourth-order valence-electron chi connectivity index (χ4n) is 2.98. The van der Waals surface area contributed by atoms with Gasteiger partial charge in [-0.05, 0) is 13.0 Å². The first-order valence-corrected chi connectivity index (χ1v) is 9.17. The van der Waals surface area contributed by atoms with Gasteiger partial charge >= 0.3 is 12.0 Å². The summed E-state index contributed by atoms with van der Waals surface area (Å²) in [7, 11) is 1.51. The van der Waals surface area contributed by atoms with Crippen LogP contribution >= 0.6 is 0 Å². The Morgan fingerprint density at radius 1 is 1.17 bits per heavy atom. The molecule has 2 aromatic rings. The van der Waals surface area contributed by atoms with E-state index in [0.29, 0.717) is 32.2 Å². The average Bonchev–Trinajstić information content (AvgIpc) is 2.73. The van der Waals surface area contributed by atoms with Crippen molar-refractivity contribution in [1.29, 1.82) is 5.41 Å². The van der Waals surface area contributed by atoms with Gasteiger partial charge in [-0.2, -0.15) is 0 Å². The number of esters is 1. The first-order valence-electron chi connectivity index (χ1n) is 9.17. The highest BCUT2D eigenvalue weighted by molar-refractivity contribution is 5.95. The molecule has 0 aliphatic carbocycles. The third-order valence-electron chi connectivity index (χ3n) is 4.49. The van der Waals surface area contributed by atoms with Crippen LogP contribution in [0.1, 0.15) is 18.9 Å². The smallest absolute Gasteiger partial charge is 0.316 e. The van der Waals surface area contributed by atoms with Crippen molar-refractivity contribution in [3.63, 3.8) is 0 Å². The SMILES string of the molecule is COc1ncc(N2CCN(c3nccc(COC(=O)CC(C)=N)c3F)CC2)cn1. The first-order chi connectivity index (χ1) is 14.0. The second kappa shape index (κ2) is 9.26. The summed E-state index contributed by atoms with van der Waals surface area (Å²) >= 11 is 0. The van der Waals surface area contributed by atoms with E-state index in [1.54, 1.807) is 12.4 Å². The molecule has 9 nitrogen and oxygen atoms in total. The number of nitrogens with one attached hydrogen (secondary N) is 1. The number of carbonyl (C=O) groups excluding carboxylic acids is 1. The van der Waals surface area contributed by atoms with E-state index in [2.05, 4.69) is 19.9 Å². The van der Waals surface area contributed by atoms with E-state index in [4.69, 9.17) is 14.9 Å². The zero-order valence-electron chi connectivity index (χ0n) is 16.4. The molecule has 1 N–H and O–H groups in total. The monoisotopic (exact) mass is 402 g/mol. The number of pyridine rings is 1. The Morgan fingerprint density at radius 3 is 2.45 bits per heavy atom. The largest absolute Gasteiger partial charge is 0.467 e. The molecular weight excluding hydrogens is 379 g/mol. The van der Waals surface area contributed by atoms with Crippen LogP contribution in [0.3, 0.4) is 0 Å². The second-order valence-corrected chi connectivity index (χ2v) is 6.63. The Bertz CT molecular complexity index is 869. The number of aromatic nitrogens is 3. The summed E-state index contributed by atoms with van der Waals surface area (Å²) in [6.07, 6.45) is 4.81. The Balaban J connectivity index is 1.61. The lowest BCUT2D eigenvalue weighted by atomic mass is 10.2. The summed E-state index contributed by atoms with van der Waals surface area (Å²) in [6, 6.07) is 1.81. The molecule has 10 heteroatoms. The van der Waals surface area contributed by atoms with Crippen molar-refractivity contribution in [2.24, 2.45) is 0 Å². The number of carbonyl (C=O) groups is 1. The average molecular weight is 402 g/mol. The molecule has 1 fully saturated rings. The second-order valence-electron chi connectivity index (χ2n) is 6.63. The minimum absolute atomic E-state index is 0.101. The first kappa shape index (κ1) is 20.4. The molecular formula is C19H23FN6O3. The summed E-state index contributed by atoms with van der Waals surface area (Å²) < 4.78 is 24.9. The van der Waals surface area contributed by atoms with Gasteiger partial charge in [0.15, 0.2) is 11.6 Å². The van der Waals surface area contributed by atoms with Crippen LogP contribution in [0.2, 0.25) is 0 Å². The van der Waals surface area contributed by atoms with Crippen molar-refractivity contribution in [2.75, 3.05) is 43.1 Å². The zero-order chi connectivity index (χ0) is 20.8. The molecule has 1 saturated heterocycles. The number of hydrogen-bond acceptors (Lipinski definition) is 9. The van der Waals surface area contributed by atoms with E-state index in [1.165, 1.54) is 26.3 Å². The summed E-state index contributed by atoms with van der Waals surface area (Å²) in [5.74, 6) is -0.800. The molecule has 3 heterocycles. The Labute approximate surface area is 168 Å². The van der Waals surface area contributed by atoms with Gasteiger partial charge in [-0.25, -0.2) is 19.3 Å². The quantitative estimate of drug-likeness (QED) is 0.552. The van der Waals surface area contributed by atoms with E-state index in [1.807, 2.05) is 4.90 Å². The van der Waals surface area contributed by atoms with Crippen molar-refractivity contribution in [2.45, 2.75) is 20.0 Å². The molecule has 0 radical (unpaired) electrons. The van der Waals surface area contributed by atoms with Crippen molar-refractivity contribution in [3.8, 4) is 6.01 Å². The van der Waals surface area contributed by atoms with Crippen LogP contribution in [0.15, 0.2) is 24.7 Å². The van der Waals surface area contributed by atoms with Crippen molar-refractivity contribution in [1.82, 2.24) is 15.0 Å². The van der Waals surface area contributed by atoms with Crippen molar-refractivity contribution < 1.29 is 18.7 Å². The highest BCUT2D eigenvalue weighted by Crippen LogP contribution is 2.23. The lowest BCUT2D eigenvalue weighted by molar-refractivity contribution is -0.143. The third kappa shape index (κ3) is 5.15. The Kier molecular flexibility index (Phi) is 6.53. The standard InChI is InChI=1S/C19H23FN6O3/c1-13(21)9-16(27)29-12-14-3-4-22-18(17(14)20)26-7-5-25(6-8-26)15-10-23-19(28-2)24-11-15/h3-4,10-11,21H,5-9,12H2,1-2H3. The number of methoxy groups -OCH3 is 1. The molecule has 0 spiro atoms. The molecule has 0 bridgehead atoms. The molecule has 1 aliphatic rings. The van der Waals surface area contributed by atoms with E-state index < -0.39 is 11.8 Å². The minimum atomic E-state index is -0.550. The van der Waals surface area contributed by atoms with E-state index in [-0.39, 0.29) is 30.1 Å². The van der Waals surface area contributed by atoms with Crippen LogP contribution in [0.25, 0.3) is 0 Å². The van der Waals surface area contributed by atoms with Gasteiger partial charge in [0.1, 0.15) is 6.61 Å². The molecule has 3 rings (SSSR count). The molecule has 0 aromatic carbocycles. The summed E-state index contributed by atoms with van der Waals surface area (Å²) in [4.78, 5) is 28.0. The number of ether oxygens (including phenoxy) is 2. The number of rotatable bonds is 7. The van der Waals surface area contributed by atoms with Gasteiger partial charge in [-0.15, -0.1) is 0 Å². The lowest BCUT2D eigenvalue weighted by Gasteiger charge is -2.36. The maximum Gasteiger partial charge on any atom is 0.316 e. The van der Waals surface area contributed by atoms with Gasteiger partial charge in [0.25, 0.3) is 0 Å². The number of piperazine rings is 1. The Morgan fingerprint density at radius 2 is 1.83 bits per heavy atom. The van der Waals surface area contributed by atoms with Gasteiger partial charge < -0.3 is 24.7 Å². The predicted molar refractivity (Wildman–Crippen MR) is 105 cm³/mol. The van der Waals surface area contributed by atoms with Gasteiger partial charge in [0, 0.05) is 43.7 Å². The number of hydrogen-bond donors (Lipinski definition) is 1. The maximum absolute atomic E-state index is 14.9. The highest BCUT2D eigenvalue weighted by Gasteiger charge is 2.23. The predicted octanol–water partition coefficient (Wildman–Crippen LogP) is 1.82. The lowest BCUT2D eigenvalue weighted by Crippen LogP contribution is -2.47. The van der Waals surface area contributed by atoms with Gasteiger partial charge in [-0.1, -0.05) is 0 Å². The van der Waals surface area contributed by atoms with Crippen LogP contribution in [0.4, 0.5) is 15.9 Å². The van der Waals surface area contributed by atoms with Crippen LogP contribution in [-0.2, 0) is 16.1 Å². The van der Waals surface area contributed by atoms with Crippen molar-refractivity contribution in [3.05, 3.63) is 36.0 Å². The van der Waals surface area contributed by atoms with Gasteiger partial charge in [-0.3, -0.25) is 4.79 Å². The summed E-state index contributed by atoms with van der Waals surface area (Å²) in [5, 5.41) is 7.31. The number of halogens is 1. The fourth-order valence-corrected chi connectivity index (χ4v) is 2.98. The molecule has 0 atom stereocenters. The Hall–Kier alpha value is -3.30. The summed E-state index contributed by atoms with van der Waals surface area (Å²) in [6.45, 7) is 3.81. The molecule has 2 aromatic heterocycles. The molecule has 0 unspecified atom stereocenters. The molecule has 154 valence electrons. The molecule has 0 saturated carbocycles. The third-order valence-corrected chi connectivity index (χ3v) is 4.49. The zero-order valence-corrected chi connectivity index (χ0v) is 16.4. The summed E-state index contributed by atoms with van der Waals surface area (Å²) in [5.41, 5.74) is 1.34. The normalized spacial score (nSPS) is 13.9. The molecule has 29 heavy (non-hydrogen) atoms.